The highest BCUT2D eigenvalue weighted by atomic mass is 32.1. The van der Waals surface area contributed by atoms with E-state index in [1.807, 2.05) is 29.6 Å². The number of hydrogen-bond donors (Lipinski definition) is 0. The van der Waals surface area contributed by atoms with Crippen LogP contribution < -0.4 is 4.74 Å². The normalized spacial score (nSPS) is 10.9. The van der Waals surface area contributed by atoms with Crippen molar-refractivity contribution in [2.45, 2.75) is 0 Å². The quantitative estimate of drug-likeness (QED) is 0.776. The van der Waals surface area contributed by atoms with Gasteiger partial charge in [0, 0.05) is 11.6 Å². The third kappa shape index (κ3) is 2.71. The van der Waals surface area contributed by atoms with Gasteiger partial charge in [0.25, 0.3) is 0 Å². The maximum Gasteiger partial charge on any atom is 0.133 e. The van der Waals surface area contributed by atoms with E-state index in [2.05, 4.69) is 11.1 Å². The Bertz CT molecular complexity index is 567. The van der Waals surface area contributed by atoms with Gasteiger partial charge in [-0.1, -0.05) is 12.1 Å². The van der Waals surface area contributed by atoms with Gasteiger partial charge in [-0.15, -0.1) is 11.3 Å². The van der Waals surface area contributed by atoms with Crippen LogP contribution in [0.2, 0.25) is 0 Å². The van der Waals surface area contributed by atoms with Crippen LogP contribution in [-0.2, 0) is 0 Å². The van der Waals surface area contributed by atoms with Gasteiger partial charge in [0.15, 0.2) is 0 Å². The van der Waals surface area contributed by atoms with E-state index in [9.17, 15) is 0 Å². The summed E-state index contributed by atoms with van der Waals surface area (Å²) in [4.78, 5) is 4.12. The molecular weight excluding hydrogens is 232 g/mol. The molecule has 0 unspecified atom stereocenters. The van der Waals surface area contributed by atoms with Crippen molar-refractivity contribution < 1.29 is 4.74 Å². The molecule has 0 saturated heterocycles. The van der Waals surface area contributed by atoms with Gasteiger partial charge in [0.2, 0.25) is 0 Å². The van der Waals surface area contributed by atoms with Crippen LogP contribution in [0.5, 0.6) is 5.75 Å². The minimum absolute atomic E-state index is 0.563. The van der Waals surface area contributed by atoms with Crippen molar-refractivity contribution in [1.29, 1.82) is 5.26 Å². The summed E-state index contributed by atoms with van der Waals surface area (Å²) < 4.78 is 5.14. The fraction of sp³-hybridized carbons (Fsp3) is 0.0769. The number of thiazole rings is 1. The predicted molar refractivity (Wildman–Crippen MR) is 68.6 cm³/mol. The Hall–Kier alpha value is -2.12. The van der Waals surface area contributed by atoms with E-state index in [4.69, 9.17) is 10.00 Å². The first-order valence-electron chi connectivity index (χ1n) is 4.99. The number of hydrogen-bond acceptors (Lipinski definition) is 4. The topological polar surface area (TPSA) is 45.9 Å². The van der Waals surface area contributed by atoms with Crippen molar-refractivity contribution in [3.05, 3.63) is 46.4 Å². The lowest BCUT2D eigenvalue weighted by atomic mass is 10.1. The predicted octanol–water partition coefficient (Wildman–Crippen LogP) is 3.22. The van der Waals surface area contributed by atoms with Gasteiger partial charge in [-0.3, -0.25) is 0 Å². The van der Waals surface area contributed by atoms with Crippen molar-refractivity contribution in [1.82, 2.24) is 4.98 Å². The molecule has 0 amide bonds. The number of nitrogens with zero attached hydrogens (tertiary/aromatic N) is 2. The molecule has 1 aromatic carbocycles. The van der Waals surface area contributed by atoms with Gasteiger partial charge in [-0.05, 0) is 23.8 Å². The summed E-state index contributed by atoms with van der Waals surface area (Å²) in [7, 11) is 1.62. The molecule has 2 aromatic rings. The number of methoxy groups -OCH3 is 1. The highest BCUT2D eigenvalue weighted by Gasteiger charge is 2.03. The van der Waals surface area contributed by atoms with Crippen LogP contribution in [0.4, 0.5) is 0 Å². The van der Waals surface area contributed by atoms with E-state index in [1.54, 1.807) is 19.4 Å². The molecule has 3 nitrogen and oxygen atoms in total. The van der Waals surface area contributed by atoms with E-state index >= 15 is 0 Å². The monoisotopic (exact) mass is 242 g/mol. The Morgan fingerprint density at radius 1 is 1.53 bits per heavy atom. The molecule has 0 bridgehead atoms. The molecule has 1 heterocycles. The van der Waals surface area contributed by atoms with Crippen LogP contribution in [0.3, 0.4) is 0 Å². The Balaban J connectivity index is 2.37. The van der Waals surface area contributed by atoms with Crippen LogP contribution in [0.15, 0.2) is 35.8 Å². The van der Waals surface area contributed by atoms with E-state index in [1.165, 1.54) is 11.3 Å². The molecule has 2 rings (SSSR count). The molecule has 84 valence electrons. The van der Waals surface area contributed by atoms with Crippen molar-refractivity contribution in [2.75, 3.05) is 7.11 Å². The van der Waals surface area contributed by atoms with Crippen LogP contribution in [0, 0.1) is 11.3 Å². The molecule has 0 saturated carbocycles. The molecule has 4 heteroatoms. The third-order valence-electron chi connectivity index (χ3n) is 2.19. The van der Waals surface area contributed by atoms with Gasteiger partial charge in [-0.2, -0.15) is 5.26 Å². The van der Waals surface area contributed by atoms with Crippen molar-refractivity contribution in [3.8, 4) is 11.8 Å². The number of nitriles is 1. The molecule has 0 aliphatic rings. The minimum atomic E-state index is 0.563. The van der Waals surface area contributed by atoms with Crippen LogP contribution in [-0.4, -0.2) is 12.1 Å². The first kappa shape index (κ1) is 11.4. The highest BCUT2D eigenvalue weighted by Crippen LogP contribution is 2.21. The van der Waals surface area contributed by atoms with Gasteiger partial charge >= 0.3 is 0 Å². The lowest BCUT2D eigenvalue weighted by Crippen LogP contribution is -1.84. The average molecular weight is 242 g/mol. The SMILES string of the molecule is COc1cccc(/C=C(\C#N)c2nccs2)c1. The van der Waals surface area contributed by atoms with E-state index in [-0.39, 0.29) is 0 Å². The number of rotatable bonds is 3. The first-order valence-corrected chi connectivity index (χ1v) is 5.87. The fourth-order valence-electron chi connectivity index (χ4n) is 1.40. The zero-order valence-electron chi connectivity index (χ0n) is 9.25. The molecular formula is C13H10N2OS. The van der Waals surface area contributed by atoms with E-state index in [0.717, 1.165) is 16.3 Å². The number of benzene rings is 1. The van der Waals surface area contributed by atoms with E-state index < -0.39 is 0 Å². The second-order valence-electron chi connectivity index (χ2n) is 3.28. The smallest absolute Gasteiger partial charge is 0.133 e. The van der Waals surface area contributed by atoms with Crippen LogP contribution >= 0.6 is 11.3 Å². The lowest BCUT2D eigenvalue weighted by Gasteiger charge is -2.00. The molecule has 0 fully saturated rings. The van der Waals surface area contributed by atoms with Crippen molar-refractivity contribution >= 4 is 23.0 Å². The fourth-order valence-corrected chi connectivity index (χ4v) is 2.00. The van der Waals surface area contributed by atoms with Gasteiger partial charge in [-0.25, -0.2) is 4.98 Å². The summed E-state index contributed by atoms with van der Waals surface area (Å²) in [6.07, 6.45) is 3.50. The summed E-state index contributed by atoms with van der Waals surface area (Å²) in [6.45, 7) is 0. The largest absolute Gasteiger partial charge is 0.497 e. The molecule has 1 aromatic heterocycles. The second-order valence-corrected chi connectivity index (χ2v) is 4.18. The molecule has 0 radical (unpaired) electrons. The third-order valence-corrected chi connectivity index (χ3v) is 2.99. The van der Waals surface area contributed by atoms with E-state index in [0.29, 0.717) is 5.57 Å². The number of aromatic nitrogens is 1. The maximum absolute atomic E-state index is 9.10. The van der Waals surface area contributed by atoms with Gasteiger partial charge in [0.05, 0.1) is 12.7 Å². The maximum atomic E-state index is 9.10. The average Bonchev–Trinajstić information content (AvgIpc) is 2.90. The lowest BCUT2D eigenvalue weighted by molar-refractivity contribution is 0.414. The Morgan fingerprint density at radius 3 is 3.06 bits per heavy atom. The van der Waals surface area contributed by atoms with Gasteiger partial charge in [0.1, 0.15) is 16.8 Å². The Morgan fingerprint density at radius 2 is 2.41 bits per heavy atom. The molecule has 0 aliphatic heterocycles. The summed E-state index contributed by atoms with van der Waals surface area (Å²) in [5, 5.41) is 11.7. The van der Waals surface area contributed by atoms with Crippen LogP contribution in [0.1, 0.15) is 10.6 Å². The summed E-state index contributed by atoms with van der Waals surface area (Å²) in [5.74, 6) is 0.773. The zero-order chi connectivity index (χ0) is 12.1. The molecule has 17 heavy (non-hydrogen) atoms. The Labute approximate surface area is 104 Å². The van der Waals surface area contributed by atoms with Crippen molar-refractivity contribution in [2.24, 2.45) is 0 Å². The summed E-state index contributed by atoms with van der Waals surface area (Å²) >= 11 is 1.45. The highest BCUT2D eigenvalue weighted by molar-refractivity contribution is 7.10. The molecule has 0 aliphatic carbocycles. The summed E-state index contributed by atoms with van der Waals surface area (Å²) in [5.41, 5.74) is 1.49. The number of allylic oxidation sites excluding steroid dienone is 1. The standard InChI is InChI=1S/C13H10N2OS/c1-16-12-4-2-3-10(8-12)7-11(9-14)13-15-5-6-17-13/h2-8H,1H3/b11-7+. The Kier molecular flexibility index (Phi) is 3.53. The molecule has 0 atom stereocenters. The summed E-state index contributed by atoms with van der Waals surface area (Å²) in [6, 6.07) is 9.72. The van der Waals surface area contributed by atoms with Crippen molar-refractivity contribution in [3.63, 3.8) is 0 Å². The minimum Gasteiger partial charge on any atom is -0.497 e. The second kappa shape index (κ2) is 5.28. The first-order chi connectivity index (χ1) is 8.33. The molecule has 0 N–H and O–H groups in total. The molecule has 0 spiro atoms. The van der Waals surface area contributed by atoms with Gasteiger partial charge < -0.3 is 4.74 Å². The van der Waals surface area contributed by atoms with Crippen LogP contribution in [0.25, 0.3) is 11.6 Å². The number of ether oxygens (including phenoxy) is 1. The zero-order valence-corrected chi connectivity index (χ0v) is 10.1.